The number of amides is 1. The smallest absolute Gasteiger partial charge is 0.255 e. The Balaban J connectivity index is 2.53. The second-order valence-corrected chi connectivity index (χ2v) is 3.70. The van der Waals surface area contributed by atoms with Crippen molar-refractivity contribution >= 4 is 5.91 Å². The number of carbonyl (C=O) groups is 1. The summed E-state index contributed by atoms with van der Waals surface area (Å²) in [5, 5.41) is 6.13. The van der Waals surface area contributed by atoms with Crippen molar-refractivity contribution in [1.29, 1.82) is 0 Å². The average Bonchev–Trinajstić information content (AvgIpc) is 2.45. The standard InChI is InChI=1S/C12H17N5O2/c13-6-9-19-11-5-2-1-4-10(11)12(18)15-7-3-8-16-17-14/h1-2,4-5H,3,6-9,13H2,(H,15,18). The quantitative estimate of drug-likeness (QED) is 0.320. The van der Waals surface area contributed by atoms with Gasteiger partial charge in [-0.3, -0.25) is 4.79 Å². The lowest BCUT2D eigenvalue weighted by molar-refractivity contribution is 0.0949. The van der Waals surface area contributed by atoms with Crippen molar-refractivity contribution in [2.75, 3.05) is 26.2 Å². The van der Waals surface area contributed by atoms with Gasteiger partial charge in [0.1, 0.15) is 12.4 Å². The molecule has 1 aromatic rings. The summed E-state index contributed by atoms with van der Waals surface area (Å²) in [5.41, 5.74) is 14.0. The van der Waals surface area contributed by atoms with Crippen molar-refractivity contribution in [3.8, 4) is 5.75 Å². The Hall–Kier alpha value is -2.24. The molecule has 3 N–H and O–H groups in total. The maximum Gasteiger partial charge on any atom is 0.255 e. The second kappa shape index (κ2) is 8.79. The molecule has 0 saturated carbocycles. The Morgan fingerprint density at radius 2 is 2.26 bits per heavy atom. The summed E-state index contributed by atoms with van der Waals surface area (Å²) >= 11 is 0. The van der Waals surface area contributed by atoms with E-state index >= 15 is 0 Å². The van der Waals surface area contributed by atoms with E-state index in [2.05, 4.69) is 15.3 Å². The van der Waals surface area contributed by atoms with Crippen molar-refractivity contribution in [2.24, 2.45) is 10.8 Å². The summed E-state index contributed by atoms with van der Waals surface area (Å²) in [6.07, 6.45) is 0.599. The van der Waals surface area contributed by atoms with Gasteiger partial charge in [-0.15, -0.1) is 0 Å². The van der Waals surface area contributed by atoms with E-state index in [1.807, 2.05) is 0 Å². The van der Waals surface area contributed by atoms with Crippen LogP contribution in [0.1, 0.15) is 16.8 Å². The number of nitrogens with one attached hydrogen (secondary N) is 1. The monoisotopic (exact) mass is 263 g/mol. The van der Waals surface area contributed by atoms with Crippen LogP contribution < -0.4 is 15.8 Å². The Morgan fingerprint density at radius 1 is 1.47 bits per heavy atom. The number of benzene rings is 1. The Kier molecular flexibility index (Phi) is 6.86. The van der Waals surface area contributed by atoms with Crippen LogP contribution in [0.2, 0.25) is 0 Å². The van der Waals surface area contributed by atoms with E-state index in [1.54, 1.807) is 24.3 Å². The van der Waals surface area contributed by atoms with Gasteiger partial charge in [0, 0.05) is 24.5 Å². The predicted octanol–water partition coefficient (Wildman–Crippen LogP) is 1.45. The van der Waals surface area contributed by atoms with Gasteiger partial charge in [0.2, 0.25) is 0 Å². The minimum Gasteiger partial charge on any atom is -0.491 e. The highest BCUT2D eigenvalue weighted by Gasteiger charge is 2.10. The van der Waals surface area contributed by atoms with E-state index < -0.39 is 0 Å². The van der Waals surface area contributed by atoms with Crippen LogP contribution in [0.25, 0.3) is 10.4 Å². The molecule has 0 aliphatic carbocycles. The van der Waals surface area contributed by atoms with E-state index in [1.165, 1.54) is 0 Å². The molecule has 7 heteroatoms. The van der Waals surface area contributed by atoms with E-state index in [0.29, 0.717) is 44.0 Å². The first kappa shape index (κ1) is 14.8. The third-order valence-electron chi connectivity index (χ3n) is 2.29. The van der Waals surface area contributed by atoms with Gasteiger partial charge >= 0.3 is 0 Å². The molecule has 0 aliphatic heterocycles. The first-order valence-corrected chi connectivity index (χ1v) is 6.00. The van der Waals surface area contributed by atoms with Crippen LogP contribution in [0.5, 0.6) is 5.75 Å². The molecular formula is C12H17N5O2. The summed E-state index contributed by atoms with van der Waals surface area (Å²) in [4.78, 5) is 14.6. The molecule has 0 bridgehead atoms. The van der Waals surface area contributed by atoms with E-state index in [0.717, 1.165) is 0 Å². The zero-order valence-corrected chi connectivity index (χ0v) is 10.6. The van der Waals surface area contributed by atoms with Crippen LogP contribution in [-0.4, -0.2) is 32.1 Å². The summed E-state index contributed by atoms with van der Waals surface area (Å²) in [5.74, 6) is 0.300. The Bertz CT molecular complexity index is 457. The molecule has 7 nitrogen and oxygen atoms in total. The number of rotatable bonds is 8. The molecule has 0 radical (unpaired) electrons. The van der Waals surface area contributed by atoms with Gasteiger partial charge < -0.3 is 15.8 Å². The molecule has 19 heavy (non-hydrogen) atoms. The summed E-state index contributed by atoms with van der Waals surface area (Å²) in [7, 11) is 0. The lowest BCUT2D eigenvalue weighted by Gasteiger charge is -2.10. The fourth-order valence-corrected chi connectivity index (χ4v) is 1.44. The highest BCUT2D eigenvalue weighted by atomic mass is 16.5. The highest BCUT2D eigenvalue weighted by molar-refractivity contribution is 5.96. The molecule has 0 fully saturated rings. The molecular weight excluding hydrogens is 246 g/mol. The topological polar surface area (TPSA) is 113 Å². The fourth-order valence-electron chi connectivity index (χ4n) is 1.44. The van der Waals surface area contributed by atoms with Gasteiger partial charge in [-0.1, -0.05) is 17.2 Å². The average molecular weight is 263 g/mol. The Morgan fingerprint density at radius 3 is 3.00 bits per heavy atom. The van der Waals surface area contributed by atoms with Crippen LogP contribution in [0.3, 0.4) is 0 Å². The lowest BCUT2D eigenvalue weighted by Crippen LogP contribution is -2.25. The molecule has 0 atom stereocenters. The van der Waals surface area contributed by atoms with Gasteiger partial charge in [0.05, 0.1) is 5.56 Å². The van der Waals surface area contributed by atoms with Gasteiger partial charge in [-0.05, 0) is 24.1 Å². The molecule has 0 aliphatic rings. The molecule has 0 aromatic heterocycles. The van der Waals surface area contributed by atoms with Gasteiger partial charge in [0.15, 0.2) is 0 Å². The normalized spacial score (nSPS) is 9.53. The number of azide groups is 1. The zero-order chi connectivity index (χ0) is 13.9. The SMILES string of the molecule is [N-]=[N+]=NCCCNC(=O)c1ccccc1OCCN. The fraction of sp³-hybridized carbons (Fsp3) is 0.417. The zero-order valence-electron chi connectivity index (χ0n) is 10.6. The van der Waals surface area contributed by atoms with Crippen molar-refractivity contribution in [1.82, 2.24) is 5.32 Å². The van der Waals surface area contributed by atoms with Gasteiger partial charge in [-0.25, -0.2) is 0 Å². The van der Waals surface area contributed by atoms with E-state index in [9.17, 15) is 4.79 Å². The summed E-state index contributed by atoms with van der Waals surface area (Å²) in [6, 6.07) is 6.98. The molecule has 1 aromatic carbocycles. The molecule has 1 rings (SSSR count). The third-order valence-corrected chi connectivity index (χ3v) is 2.29. The Labute approximate surface area is 111 Å². The number of hydrogen-bond acceptors (Lipinski definition) is 4. The first-order chi connectivity index (χ1) is 9.29. The number of nitrogens with zero attached hydrogens (tertiary/aromatic N) is 3. The van der Waals surface area contributed by atoms with Gasteiger partial charge in [0.25, 0.3) is 5.91 Å². The summed E-state index contributed by atoms with van der Waals surface area (Å²) < 4.78 is 5.40. The highest BCUT2D eigenvalue weighted by Crippen LogP contribution is 2.17. The molecule has 102 valence electrons. The number of carbonyl (C=O) groups excluding carboxylic acids is 1. The van der Waals surface area contributed by atoms with Crippen LogP contribution in [0, 0.1) is 0 Å². The molecule has 0 spiro atoms. The van der Waals surface area contributed by atoms with Crippen molar-refractivity contribution in [2.45, 2.75) is 6.42 Å². The number of hydrogen-bond donors (Lipinski definition) is 2. The lowest BCUT2D eigenvalue weighted by atomic mass is 10.2. The maximum atomic E-state index is 11.9. The van der Waals surface area contributed by atoms with Crippen molar-refractivity contribution in [3.05, 3.63) is 40.3 Å². The maximum absolute atomic E-state index is 11.9. The third kappa shape index (κ3) is 5.29. The first-order valence-electron chi connectivity index (χ1n) is 6.00. The van der Waals surface area contributed by atoms with Crippen LogP contribution in [-0.2, 0) is 0 Å². The van der Waals surface area contributed by atoms with E-state index in [-0.39, 0.29) is 5.91 Å². The van der Waals surface area contributed by atoms with E-state index in [4.69, 9.17) is 16.0 Å². The minimum absolute atomic E-state index is 0.214. The minimum atomic E-state index is -0.214. The largest absolute Gasteiger partial charge is 0.491 e. The second-order valence-electron chi connectivity index (χ2n) is 3.70. The summed E-state index contributed by atoms with van der Waals surface area (Å²) in [6.45, 7) is 1.56. The van der Waals surface area contributed by atoms with Crippen LogP contribution in [0.15, 0.2) is 29.4 Å². The van der Waals surface area contributed by atoms with Crippen LogP contribution >= 0.6 is 0 Å². The van der Waals surface area contributed by atoms with Crippen LogP contribution in [0.4, 0.5) is 0 Å². The molecule has 0 saturated heterocycles. The number of nitrogens with two attached hydrogens (primary N) is 1. The van der Waals surface area contributed by atoms with Gasteiger partial charge in [-0.2, -0.15) is 0 Å². The predicted molar refractivity (Wildman–Crippen MR) is 72.0 cm³/mol. The molecule has 1 amide bonds. The molecule has 0 unspecified atom stereocenters. The molecule has 0 heterocycles. The number of ether oxygens (including phenoxy) is 1. The van der Waals surface area contributed by atoms with Crippen molar-refractivity contribution in [3.63, 3.8) is 0 Å². The number of para-hydroxylation sites is 1. The van der Waals surface area contributed by atoms with Crippen molar-refractivity contribution < 1.29 is 9.53 Å².